The lowest BCUT2D eigenvalue weighted by atomic mass is 10.1. The number of aromatic nitrogens is 10. The Morgan fingerprint density at radius 3 is 1.27 bits per heavy atom. The molecule has 0 spiro atoms. The van der Waals surface area contributed by atoms with Gasteiger partial charge in [-0.15, -0.1) is 50.5 Å². The summed E-state index contributed by atoms with van der Waals surface area (Å²) >= 11 is 6.46. The van der Waals surface area contributed by atoms with Gasteiger partial charge in [-0.3, -0.25) is 38.5 Å². The highest BCUT2D eigenvalue weighted by Crippen LogP contribution is 2.42. The number of benzene rings is 1. The van der Waals surface area contributed by atoms with Gasteiger partial charge in [0, 0.05) is 67.0 Å². The van der Waals surface area contributed by atoms with Crippen LogP contribution in [-0.4, -0.2) is 270 Å². The number of aryl methyl sites for hydroxylation is 1. The van der Waals surface area contributed by atoms with E-state index in [0.29, 0.717) is 36.7 Å². The summed E-state index contributed by atoms with van der Waals surface area (Å²) < 4.78 is 174. The second-order valence-corrected chi connectivity index (χ2v) is 35.7. The van der Waals surface area contributed by atoms with E-state index in [2.05, 4.69) is 102 Å². The molecule has 6 aromatic rings. The minimum atomic E-state index is -3.04. The molecule has 4 saturated heterocycles. The number of anilines is 4. The molecule has 0 bridgehead atoms. The predicted octanol–water partition coefficient (Wildman–Crippen LogP) is 13.1. The Morgan fingerprint density at radius 1 is 0.564 bits per heavy atom. The Balaban J connectivity index is 0.000000454. The maximum Gasteiger partial charge on any atom is 0.415 e. The summed E-state index contributed by atoms with van der Waals surface area (Å²) in [5.41, 5.74) is 13.8. The summed E-state index contributed by atoms with van der Waals surface area (Å²) in [5, 5.41) is 25.3. The van der Waals surface area contributed by atoms with Crippen LogP contribution >= 0.6 is 59.0 Å². The molecule has 53 heteroatoms. The Labute approximate surface area is 832 Å². The predicted molar refractivity (Wildman–Crippen MR) is 508 cm³/mol. The van der Waals surface area contributed by atoms with Gasteiger partial charge in [-0.1, -0.05) is 19.1 Å². The number of carbonyl (C=O) groups is 9. The molecule has 0 unspecified atom stereocenters. The van der Waals surface area contributed by atoms with E-state index in [9.17, 15) is 87.1 Å². The number of rotatable bonds is 26. The Morgan fingerprint density at radius 2 is 0.914 bits per heavy atom. The highest BCUT2D eigenvalue weighted by molar-refractivity contribution is 14.1. The number of nitrogens with zero attached hydrogens (tertiary/aromatic N) is 16. The van der Waals surface area contributed by atoms with Gasteiger partial charge >= 0.3 is 50.8 Å². The molecular formula is C87H112Cl3F10IN22O17. The maximum atomic E-state index is 13.5. The van der Waals surface area contributed by atoms with Crippen molar-refractivity contribution in [1.82, 2.24) is 68.7 Å². The fourth-order valence-corrected chi connectivity index (χ4v) is 14.8. The number of halogens is 14. The molecule has 1 aromatic carbocycles. The quantitative estimate of drug-likeness (QED) is 0.00429. The average molecular weight is 2160 g/mol. The average Bonchev–Trinajstić information content (AvgIpc) is 1.61. The second-order valence-electron chi connectivity index (χ2n) is 34.2. The van der Waals surface area contributed by atoms with E-state index < -0.39 is 163 Å². The first-order valence-corrected chi connectivity index (χ1v) is 43.2. The van der Waals surface area contributed by atoms with Crippen LogP contribution in [-0.2, 0) is 54.0 Å². The lowest BCUT2D eigenvalue weighted by Crippen LogP contribution is -2.42. The summed E-state index contributed by atoms with van der Waals surface area (Å²) in [7, 11) is 5.96. The maximum absolute atomic E-state index is 13.5. The lowest BCUT2D eigenvalue weighted by Gasteiger charge is -2.28. The normalized spacial score (nSPS) is 17.5. The van der Waals surface area contributed by atoms with Crippen LogP contribution < -0.4 is 43.0 Å². The Hall–Kier alpha value is -12.3. The van der Waals surface area contributed by atoms with Crippen LogP contribution in [0.1, 0.15) is 194 Å². The standard InChI is InChI=1S/C23H33F2N5O6.C23H31F2N5O5.C16H19F2N5O3.C13H17F2N5O2.C9H7F2IN2.C3H3ClO.2ClH/c1-9-15-16(17(26)31)18(28(8)20(32)35-22(2,3)4)30(27-15)13-10-14(12-34-19(24)25)29(11-13)21(33)36-23(5,6)7;1-10-16-17(26-8)18(28(9)20(31)34-22(2,3)4)30(27-16)14-11-15(13-33-19(24)25)29(12-14)21(32)35-23(5,6)7;1-4-11-13(14(19)25)15(20-3)23(21-11)9-6-10(8-26-16(17)18)22(7-9)12(24)5-2;1-3-9-10(11(16)21)12(17-2)20(19-9)8-4-7(18-5-8)6-22-13(14)15;1-2-14-4-13-6-3-5(12)7(10)8(11)9(6)14;1-2-3(4)5;;/h1,13-14,19H,10-12H2,2-8H3,(H2,26,31);1,14-15,19H,11-13H2,2-7,9H3;1,5,9-10,16,20H,2,6-8H2,3H3,(H2,19,25);1,7-8,13,17-18H,4-6H2,2H3,(H2,16,21);3-4H,2H2,1H3;2H,1H2;2*1H/t13-,14+;14-,15+;9-,10+;7-,8+;;;;/m0001..../s1. The van der Waals surface area contributed by atoms with E-state index in [1.165, 1.54) is 49.2 Å². The number of nitrogens with one attached hydrogen (secondary N) is 3. The second kappa shape index (κ2) is 53.3. The fraction of sp³-hybridized carbons (Fsp3) is 0.529. The van der Waals surface area contributed by atoms with Crippen LogP contribution in [0.15, 0.2) is 37.7 Å². The number of terminal acetylenes is 4. The smallest absolute Gasteiger partial charge is 0.415 e. The summed E-state index contributed by atoms with van der Waals surface area (Å²) in [4.78, 5) is 122. The lowest BCUT2D eigenvalue weighted by molar-refractivity contribution is -0.146. The third-order valence-electron chi connectivity index (χ3n) is 19.8. The number of hydrogen-bond acceptors (Lipinski definition) is 25. The zero-order valence-corrected chi connectivity index (χ0v) is 83.9. The Kier molecular flexibility index (Phi) is 46.4. The third-order valence-corrected chi connectivity index (χ3v) is 20.7. The van der Waals surface area contributed by atoms with Crippen LogP contribution in [0, 0.1) is 71.2 Å². The monoisotopic (exact) mass is 2160 g/mol. The zero-order chi connectivity index (χ0) is 105. The number of carbonyl (C=O) groups excluding carboxylic acids is 9. The van der Waals surface area contributed by atoms with Gasteiger partial charge in [-0.25, -0.2) is 51.8 Å². The first-order chi connectivity index (χ1) is 64.2. The van der Waals surface area contributed by atoms with E-state index in [-0.39, 0.29) is 155 Å². The van der Waals surface area contributed by atoms with Crippen LogP contribution in [0.25, 0.3) is 15.9 Å². The molecule has 9 heterocycles. The van der Waals surface area contributed by atoms with Gasteiger partial charge in [0.1, 0.15) is 84.8 Å². The fourth-order valence-electron chi connectivity index (χ4n) is 14.3. The molecule has 140 heavy (non-hydrogen) atoms. The topological polar surface area (TPSA) is 451 Å². The molecule has 0 aliphatic carbocycles. The molecule has 8 atom stereocenters. The van der Waals surface area contributed by atoms with Gasteiger partial charge in [-0.2, -0.15) is 55.5 Å². The molecule has 4 fully saturated rings. The van der Waals surface area contributed by atoms with Crippen LogP contribution in [0.5, 0.6) is 0 Å². The van der Waals surface area contributed by atoms with E-state index in [1.807, 2.05) is 6.92 Å². The molecule has 39 nitrogen and oxygen atoms in total. The minimum Gasteiger partial charge on any atom is -0.444 e. The van der Waals surface area contributed by atoms with Crippen LogP contribution in [0.3, 0.4) is 0 Å². The summed E-state index contributed by atoms with van der Waals surface area (Å²) in [6.45, 7) is 24.1. The minimum absolute atomic E-state index is 0. The van der Waals surface area contributed by atoms with Crippen molar-refractivity contribution in [1.29, 1.82) is 0 Å². The molecule has 0 radical (unpaired) electrons. The van der Waals surface area contributed by atoms with Crippen molar-refractivity contribution in [3.8, 4) is 49.4 Å². The molecule has 10 rings (SSSR count). The number of likely N-dealkylation sites (tertiary alicyclic amines) is 3. The van der Waals surface area contributed by atoms with Gasteiger partial charge in [-0.05, 0) is 186 Å². The summed E-state index contributed by atoms with van der Waals surface area (Å²) in [5.74, 6) is 5.61. The number of amides is 8. The Bertz CT molecular complexity index is 5600. The number of imidazole rings is 1. The number of ether oxygens (including phenoxy) is 8. The van der Waals surface area contributed by atoms with Crippen molar-refractivity contribution in [2.45, 2.75) is 219 Å². The molecule has 0 saturated carbocycles. The van der Waals surface area contributed by atoms with Gasteiger partial charge in [0.2, 0.25) is 11.1 Å². The number of alkyl halides is 8. The molecule has 5 aromatic heterocycles. The van der Waals surface area contributed by atoms with Crippen molar-refractivity contribution in [2.24, 2.45) is 17.2 Å². The van der Waals surface area contributed by atoms with Gasteiger partial charge < -0.3 is 90.3 Å². The summed E-state index contributed by atoms with van der Waals surface area (Å²) in [6.07, 6.45) is 23.5. The number of hydrogen-bond donors (Lipinski definition) is 6. The molecule has 8 amide bonds. The zero-order valence-electron chi connectivity index (χ0n) is 79.3. The van der Waals surface area contributed by atoms with Crippen molar-refractivity contribution in [2.75, 3.05) is 101 Å². The van der Waals surface area contributed by atoms with Gasteiger partial charge in [0.25, 0.3) is 23.4 Å². The van der Waals surface area contributed by atoms with E-state index >= 15 is 0 Å². The molecule has 9 N–H and O–H groups in total. The third kappa shape index (κ3) is 33.4. The molecular weight excluding hydrogens is 2050 g/mol. The van der Waals surface area contributed by atoms with Gasteiger partial charge in [0.05, 0.1) is 90.7 Å². The SMILES string of the molecule is C#Cc1nn([C@@H]2CN[C@@H](COC(F)F)C2)c(NC)c1C(N)=O.C#Cc1nn([C@H]2C[C@H](COC(F)F)N(C(=O)C=C)C2)c(NC)c1C(N)=O.C#Cc1nn([C@H]2C[C@H](COC(F)F)N(C(=O)OC(C)(C)C)C2)c(N(C)C(=O)OC(C)(C)C)c1C(N)=O.C=CC(=O)Cl.CCn1cnc2cc(I)c(F)c(F)c21.Cl.Cl.[C-]#[N+]c1c(C#C)nn([C@H]2C[C@H](COC(F)F)N(C(=O)OC(C)(C)C)C2)c1N(C)C(=O)OC(C)(C)C. The number of nitrogens with two attached hydrogens (primary N) is 3. The first kappa shape index (κ1) is 122. The summed E-state index contributed by atoms with van der Waals surface area (Å²) in [6, 6.07) is -2.71. The van der Waals surface area contributed by atoms with Crippen molar-refractivity contribution >= 4 is 152 Å². The van der Waals surface area contributed by atoms with Gasteiger partial charge in [0.15, 0.2) is 17.5 Å². The van der Waals surface area contributed by atoms with E-state index in [1.54, 1.807) is 135 Å². The molecule has 4 aliphatic heterocycles. The van der Waals surface area contributed by atoms with E-state index in [0.717, 1.165) is 22.0 Å². The molecule has 770 valence electrons. The number of fused-ring (bicyclic) bond motifs is 1. The van der Waals surface area contributed by atoms with E-state index in [4.69, 9.17) is 80.0 Å². The number of primary amides is 3. The van der Waals surface area contributed by atoms with Crippen molar-refractivity contribution in [3.05, 3.63) is 104 Å². The highest BCUT2D eigenvalue weighted by Gasteiger charge is 2.46. The first-order valence-electron chi connectivity index (χ1n) is 41.7. The van der Waals surface area contributed by atoms with Crippen molar-refractivity contribution < 1.29 is 125 Å². The van der Waals surface area contributed by atoms with Crippen LogP contribution in [0.2, 0.25) is 0 Å². The molecule has 4 aliphatic rings. The highest BCUT2D eigenvalue weighted by atomic mass is 127. The van der Waals surface area contributed by atoms with Crippen molar-refractivity contribution in [3.63, 3.8) is 0 Å². The largest absolute Gasteiger partial charge is 0.444 e. The number of allylic oxidation sites excluding steroid dienone is 1. The van der Waals surface area contributed by atoms with Crippen LogP contribution in [0.4, 0.5) is 92.0 Å².